The quantitative estimate of drug-likeness (QED) is 0.747. The number of carboxylic acids is 1. The number of nitrogens with one attached hydrogen (secondary N) is 2. The van der Waals surface area contributed by atoms with Crippen LogP contribution < -0.4 is 20.1 Å². The van der Waals surface area contributed by atoms with Crippen molar-refractivity contribution in [3.63, 3.8) is 0 Å². The van der Waals surface area contributed by atoms with Gasteiger partial charge in [0.1, 0.15) is 6.04 Å². The molecule has 1 aliphatic rings. The van der Waals surface area contributed by atoms with Crippen LogP contribution in [0.5, 0.6) is 11.5 Å². The zero-order valence-electron chi connectivity index (χ0n) is 11.7. The number of carbonyl (C=O) groups is 2. The van der Waals surface area contributed by atoms with Gasteiger partial charge in [-0.1, -0.05) is 19.8 Å². The summed E-state index contributed by atoms with van der Waals surface area (Å²) in [5, 5.41) is 14.1. The summed E-state index contributed by atoms with van der Waals surface area (Å²) < 4.78 is 10.4. The lowest BCUT2D eigenvalue weighted by Crippen LogP contribution is -2.42. The van der Waals surface area contributed by atoms with Crippen LogP contribution >= 0.6 is 0 Å². The number of anilines is 1. The van der Waals surface area contributed by atoms with Gasteiger partial charge in [-0.15, -0.1) is 0 Å². The second kappa shape index (κ2) is 6.83. The number of hydrogen-bond donors (Lipinski definition) is 3. The lowest BCUT2D eigenvalue weighted by Gasteiger charge is -2.14. The molecule has 7 heteroatoms. The minimum atomic E-state index is -1.04. The average Bonchev–Trinajstić information content (AvgIpc) is 2.90. The number of benzene rings is 1. The third-order valence-electron chi connectivity index (χ3n) is 3.08. The Kier molecular flexibility index (Phi) is 4.86. The van der Waals surface area contributed by atoms with Gasteiger partial charge in [-0.05, 0) is 18.6 Å². The Labute approximate surface area is 122 Å². The summed E-state index contributed by atoms with van der Waals surface area (Å²) in [6.07, 6.45) is 2.01. The lowest BCUT2D eigenvalue weighted by atomic mass is 10.1. The largest absolute Gasteiger partial charge is 0.480 e. The van der Waals surface area contributed by atoms with E-state index in [2.05, 4.69) is 10.6 Å². The van der Waals surface area contributed by atoms with Crippen molar-refractivity contribution >= 4 is 17.7 Å². The minimum Gasteiger partial charge on any atom is -0.480 e. The molecule has 0 aromatic heterocycles. The predicted molar refractivity (Wildman–Crippen MR) is 75.7 cm³/mol. The summed E-state index contributed by atoms with van der Waals surface area (Å²) in [6.45, 7) is 2.12. The molecular formula is C14H18N2O5. The number of unbranched alkanes of at least 4 members (excludes halogenated alkanes) is 1. The molecule has 3 N–H and O–H groups in total. The van der Waals surface area contributed by atoms with Gasteiger partial charge in [-0.3, -0.25) is 0 Å². The Morgan fingerprint density at radius 1 is 1.33 bits per heavy atom. The number of fused-ring (bicyclic) bond motifs is 1. The third kappa shape index (κ3) is 4.01. The van der Waals surface area contributed by atoms with E-state index in [-0.39, 0.29) is 6.79 Å². The molecule has 1 aromatic carbocycles. The van der Waals surface area contributed by atoms with Crippen LogP contribution in [-0.2, 0) is 4.79 Å². The van der Waals surface area contributed by atoms with Gasteiger partial charge in [-0.2, -0.15) is 0 Å². The fourth-order valence-electron chi connectivity index (χ4n) is 1.97. The summed E-state index contributed by atoms with van der Waals surface area (Å²) in [5.74, 6) is 0.130. The molecular weight excluding hydrogens is 276 g/mol. The predicted octanol–water partition coefficient (Wildman–Crippen LogP) is 2.18. The molecule has 1 aliphatic heterocycles. The van der Waals surface area contributed by atoms with Gasteiger partial charge in [0, 0.05) is 11.8 Å². The fraction of sp³-hybridized carbons (Fsp3) is 0.429. The number of urea groups is 1. The van der Waals surface area contributed by atoms with Crippen LogP contribution in [0, 0.1) is 0 Å². The molecule has 0 spiro atoms. The van der Waals surface area contributed by atoms with Gasteiger partial charge in [0.2, 0.25) is 6.79 Å². The number of rotatable bonds is 6. The van der Waals surface area contributed by atoms with E-state index < -0.39 is 18.0 Å². The zero-order chi connectivity index (χ0) is 15.2. The average molecular weight is 294 g/mol. The SMILES string of the molecule is CCCC[C@H](NC(=O)Nc1ccc2c(c1)OCO2)C(=O)O. The van der Waals surface area contributed by atoms with Crippen molar-refractivity contribution in [2.24, 2.45) is 0 Å². The third-order valence-corrected chi connectivity index (χ3v) is 3.08. The van der Waals surface area contributed by atoms with Crippen LogP contribution in [0.15, 0.2) is 18.2 Å². The van der Waals surface area contributed by atoms with E-state index in [1.165, 1.54) is 0 Å². The normalized spacial score (nSPS) is 13.6. The maximum Gasteiger partial charge on any atom is 0.326 e. The maximum atomic E-state index is 11.8. The molecule has 7 nitrogen and oxygen atoms in total. The van der Waals surface area contributed by atoms with E-state index in [0.29, 0.717) is 23.6 Å². The minimum absolute atomic E-state index is 0.156. The van der Waals surface area contributed by atoms with Gasteiger partial charge >= 0.3 is 12.0 Å². The van der Waals surface area contributed by atoms with Crippen LogP contribution in [0.25, 0.3) is 0 Å². The molecule has 0 unspecified atom stereocenters. The van der Waals surface area contributed by atoms with Crippen molar-refractivity contribution in [2.45, 2.75) is 32.2 Å². The monoisotopic (exact) mass is 294 g/mol. The van der Waals surface area contributed by atoms with Gasteiger partial charge in [0.05, 0.1) is 0 Å². The van der Waals surface area contributed by atoms with E-state index in [0.717, 1.165) is 12.8 Å². The number of hydrogen-bond acceptors (Lipinski definition) is 4. The molecule has 2 rings (SSSR count). The summed E-state index contributed by atoms with van der Waals surface area (Å²) in [7, 11) is 0. The van der Waals surface area contributed by atoms with E-state index >= 15 is 0 Å². The molecule has 2 amide bonds. The van der Waals surface area contributed by atoms with E-state index in [4.69, 9.17) is 14.6 Å². The molecule has 21 heavy (non-hydrogen) atoms. The molecule has 0 saturated carbocycles. The molecule has 0 aliphatic carbocycles. The summed E-state index contributed by atoms with van der Waals surface area (Å²) in [6, 6.07) is 3.53. The molecule has 0 saturated heterocycles. The Morgan fingerprint density at radius 2 is 2.10 bits per heavy atom. The first kappa shape index (κ1) is 15.0. The molecule has 1 heterocycles. The van der Waals surface area contributed by atoms with Crippen molar-refractivity contribution in [2.75, 3.05) is 12.1 Å². The zero-order valence-corrected chi connectivity index (χ0v) is 11.7. The highest BCUT2D eigenvalue weighted by atomic mass is 16.7. The Bertz CT molecular complexity index is 532. The smallest absolute Gasteiger partial charge is 0.326 e. The Hall–Kier alpha value is -2.44. The first-order chi connectivity index (χ1) is 10.1. The van der Waals surface area contributed by atoms with E-state index in [1.807, 2.05) is 6.92 Å². The Balaban J connectivity index is 1.92. The van der Waals surface area contributed by atoms with E-state index in [1.54, 1.807) is 18.2 Å². The number of ether oxygens (including phenoxy) is 2. The highest BCUT2D eigenvalue weighted by Crippen LogP contribution is 2.34. The highest BCUT2D eigenvalue weighted by molar-refractivity contribution is 5.92. The molecule has 1 aromatic rings. The second-order valence-electron chi connectivity index (χ2n) is 4.70. The van der Waals surface area contributed by atoms with Crippen molar-refractivity contribution < 1.29 is 24.2 Å². The molecule has 0 radical (unpaired) electrons. The molecule has 0 fully saturated rings. The van der Waals surface area contributed by atoms with Crippen molar-refractivity contribution in [3.8, 4) is 11.5 Å². The second-order valence-corrected chi connectivity index (χ2v) is 4.70. The molecule has 1 atom stereocenters. The fourth-order valence-corrected chi connectivity index (χ4v) is 1.97. The first-order valence-corrected chi connectivity index (χ1v) is 6.80. The van der Waals surface area contributed by atoms with Gasteiger partial charge in [0.15, 0.2) is 11.5 Å². The van der Waals surface area contributed by atoms with Crippen LogP contribution in [0.4, 0.5) is 10.5 Å². The first-order valence-electron chi connectivity index (χ1n) is 6.80. The number of aliphatic carboxylic acids is 1. The van der Waals surface area contributed by atoms with Crippen molar-refractivity contribution in [3.05, 3.63) is 18.2 Å². The van der Waals surface area contributed by atoms with Gasteiger partial charge in [0.25, 0.3) is 0 Å². The number of amides is 2. The molecule has 114 valence electrons. The highest BCUT2D eigenvalue weighted by Gasteiger charge is 2.20. The number of carbonyl (C=O) groups excluding carboxylic acids is 1. The van der Waals surface area contributed by atoms with E-state index in [9.17, 15) is 9.59 Å². The van der Waals surface area contributed by atoms with Crippen LogP contribution in [0.2, 0.25) is 0 Å². The van der Waals surface area contributed by atoms with Crippen molar-refractivity contribution in [1.29, 1.82) is 0 Å². The van der Waals surface area contributed by atoms with Gasteiger partial charge < -0.3 is 25.2 Å². The standard InChI is InChI=1S/C14H18N2O5/c1-2-3-4-10(13(17)18)16-14(19)15-9-5-6-11-12(7-9)21-8-20-11/h5-7,10H,2-4,8H2,1H3,(H,17,18)(H2,15,16,19)/t10-/m0/s1. The Morgan fingerprint density at radius 3 is 2.81 bits per heavy atom. The van der Waals surface area contributed by atoms with Crippen molar-refractivity contribution in [1.82, 2.24) is 5.32 Å². The van der Waals surface area contributed by atoms with Crippen LogP contribution in [-0.4, -0.2) is 29.9 Å². The lowest BCUT2D eigenvalue weighted by molar-refractivity contribution is -0.139. The summed E-state index contributed by atoms with van der Waals surface area (Å²) in [5.41, 5.74) is 0.511. The topological polar surface area (TPSA) is 96.9 Å². The molecule has 0 bridgehead atoms. The van der Waals surface area contributed by atoms with Gasteiger partial charge in [-0.25, -0.2) is 9.59 Å². The summed E-state index contributed by atoms with van der Waals surface area (Å²) >= 11 is 0. The van der Waals surface area contributed by atoms with Crippen LogP contribution in [0.1, 0.15) is 26.2 Å². The number of carboxylic acid groups (broad SMARTS) is 1. The maximum absolute atomic E-state index is 11.8. The summed E-state index contributed by atoms with van der Waals surface area (Å²) in [4.78, 5) is 22.9. The van der Waals surface area contributed by atoms with Crippen LogP contribution in [0.3, 0.4) is 0 Å².